The third-order valence-corrected chi connectivity index (χ3v) is 9.83. The van der Waals surface area contributed by atoms with E-state index >= 15 is 0 Å². The van der Waals surface area contributed by atoms with Crippen molar-refractivity contribution < 1.29 is 0 Å². The van der Waals surface area contributed by atoms with Gasteiger partial charge in [-0.15, -0.1) is 0 Å². The lowest BCUT2D eigenvalue weighted by molar-refractivity contribution is 1.02. The standard InChI is InChI=1S/C42H24N4/c1-2-11-25(12-3-1)39-32-15-4-7-18-35(32)43-42(44-39)46-37-20-9-6-14-28(37)31-22-21-26-23-34-30-17-10-16-29-27-13-5-8-19-36(27)45(40(29)30)38(34)24-33(26)41(31)46/h1-24H. The molecule has 0 bridgehead atoms. The number of rotatable bonds is 2. The average molecular weight is 585 g/mol. The Hall–Kier alpha value is -6.26. The van der Waals surface area contributed by atoms with Crippen molar-refractivity contribution in [2.45, 2.75) is 0 Å². The Kier molecular flexibility index (Phi) is 4.55. The lowest BCUT2D eigenvalue weighted by Crippen LogP contribution is -2.03. The van der Waals surface area contributed by atoms with Crippen molar-refractivity contribution in [2.75, 3.05) is 0 Å². The monoisotopic (exact) mass is 584 g/mol. The van der Waals surface area contributed by atoms with Crippen LogP contribution in [0.3, 0.4) is 0 Å². The van der Waals surface area contributed by atoms with Gasteiger partial charge in [0.05, 0.1) is 38.8 Å². The van der Waals surface area contributed by atoms with Gasteiger partial charge in [0.1, 0.15) is 0 Å². The van der Waals surface area contributed by atoms with Gasteiger partial charge in [-0.25, -0.2) is 9.97 Å². The maximum Gasteiger partial charge on any atom is 0.235 e. The van der Waals surface area contributed by atoms with Crippen molar-refractivity contribution in [1.29, 1.82) is 0 Å². The molecule has 0 radical (unpaired) electrons. The Morgan fingerprint density at radius 1 is 0.391 bits per heavy atom. The number of hydrogen-bond acceptors (Lipinski definition) is 2. The molecule has 4 heterocycles. The highest BCUT2D eigenvalue weighted by molar-refractivity contribution is 6.27. The quantitative estimate of drug-likeness (QED) is 0.203. The largest absolute Gasteiger partial charge is 0.308 e. The van der Waals surface area contributed by atoms with Crippen LogP contribution in [0.5, 0.6) is 0 Å². The topological polar surface area (TPSA) is 35.1 Å². The predicted molar refractivity (Wildman–Crippen MR) is 191 cm³/mol. The summed E-state index contributed by atoms with van der Waals surface area (Å²) in [5.41, 5.74) is 8.90. The first-order valence-corrected chi connectivity index (χ1v) is 15.7. The first-order valence-electron chi connectivity index (χ1n) is 15.7. The second-order valence-electron chi connectivity index (χ2n) is 12.2. The van der Waals surface area contributed by atoms with Crippen LogP contribution in [-0.2, 0) is 0 Å². The molecule has 0 amide bonds. The average Bonchev–Trinajstić information content (AvgIpc) is 3.76. The molecule has 0 unspecified atom stereocenters. The van der Waals surface area contributed by atoms with Crippen LogP contribution in [0.4, 0.5) is 0 Å². The van der Waals surface area contributed by atoms with Crippen LogP contribution in [0.15, 0.2) is 146 Å². The van der Waals surface area contributed by atoms with Crippen LogP contribution in [0.2, 0.25) is 0 Å². The van der Waals surface area contributed by atoms with E-state index in [1.807, 2.05) is 6.07 Å². The third kappa shape index (κ3) is 3.03. The molecular weight excluding hydrogens is 560 g/mol. The molecule has 0 atom stereocenters. The molecule has 11 rings (SSSR count). The first-order chi connectivity index (χ1) is 22.8. The van der Waals surface area contributed by atoms with E-state index in [0.717, 1.165) is 33.2 Å². The normalized spacial score (nSPS) is 12.3. The molecule has 4 heteroatoms. The van der Waals surface area contributed by atoms with Gasteiger partial charge in [0, 0.05) is 48.7 Å². The summed E-state index contributed by atoms with van der Waals surface area (Å²) in [6.45, 7) is 0. The smallest absolute Gasteiger partial charge is 0.235 e. The van der Waals surface area contributed by atoms with Gasteiger partial charge in [-0.1, -0.05) is 115 Å². The van der Waals surface area contributed by atoms with E-state index < -0.39 is 0 Å². The van der Waals surface area contributed by atoms with Crippen molar-refractivity contribution in [1.82, 2.24) is 18.9 Å². The summed E-state index contributed by atoms with van der Waals surface area (Å²) in [6, 6.07) is 52.2. The minimum Gasteiger partial charge on any atom is -0.308 e. The van der Waals surface area contributed by atoms with Crippen molar-refractivity contribution in [3.05, 3.63) is 146 Å². The summed E-state index contributed by atoms with van der Waals surface area (Å²) in [6.07, 6.45) is 0. The predicted octanol–water partition coefficient (Wildman–Crippen LogP) is 10.7. The number of nitrogens with zero attached hydrogens (tertiary/aromatic N) is 4. The zero-order chi connectivity index (χ0) is 29.9. The number of fused-ring (bicyclic) bond motifs is 12. The number of hydrogen-bond donors (Lipinski definition) is 0. The Balaban J connectivity index is 1.33. The van der Waals surface area contributed by atoms with Gasteiger partial charge >= 0.3 is 0 Å². The van der Waals surface area contributed by atoms with E-state index in [9.17, 15) is 0 Å². The SMILES string of the molecule is c1ccc(-c2nc(-n3c4ccccc4c4ccc5cc6c7cccc8c9ccccc9n(c6cc5c43)c87)nc3ccccc23)cc1. The molecule has 4 aromatic heterocycles. The highest BCUT2D eigenvalue weighted by Gasteiger charge is 2.22. The van der Waals surface area contributed by atoms with Crippen LogP contribution < -0.4 is 0 Å². The zero-order valence-electron chi connectivity index (χ0n) is 24.6. The molecule has 0 fully saturated rings. The van der Waals surface area contributed by atoms with Crippen LogP contribution in [0.1, 0.15) is 0 Å². The summed E-state index contributed by atoms with van der Waals surface area (Å²) in [5, 5.41) is 11.0. The molecule has 212 valence electrons. The van der Waals surface area contributed by atoms with E-state index in [1.54, 1.807) is 0 Å². The fourth-order valence-corrected chi connectivity index (χ4v) is 7.90. The molecule has 0 N–H and O–H groups in total. The Bertz CT molecular complexity index is 3020. The van der Waals surface area contributed by atoms with Crippen LogP contribution in [0.25, 0.3) is 98.8 Å². The number of para-hydroxylation sites is 4. The summed E-state index contributed by atoms with van der Waals surface area (Å²) in [4.78, 5) is 10.6. The van der Waals surface area contributed by atoms with Gasteiger partial charge in [0.15, 0.2) is 0 Å². The molecule has 0 saturated heterocycles. The summed E-state index contributed by atoms with van der Waals surface area (Å²) >= 11 is 0. The molecule has 4 nitrogen and oxygen atoms in total. The van der Waals surface area contributed by atoms with Gasteiger partial charge in [0.25, 0.3) is 0 Å². The van der Waals surface area contributed by atoms with Gasteiger partial charge in [-0.2, -0.15) is 0 Å². The molecule has 0 spiro atoms. The number of aromatic nitrogens is 4. The lowest BCUT2D eigenvalue weighted by atomic mass is 10.0. The minimum absolute atomic E-state index is 0.675. The second-order valence-corrected chi connectivity index (χ2v) is 12.2. The van der Waals surface area contributed by atoms with Crippen LogP contribution in [0, 0.1) is 0 Å². The fraction of sp³-hybridized carbons (Fsp3) is 0. The molecule has 46 heavy (non-hydrogen) atoms. The summed E-state index contributed by atoms with van der Waals surface area (Å²) in [7, 11) is 0. The van der Waals surface area contributed by atoms with Crippen molar-refractivity contribution in [2.24, 2.45) is 0 Å². The number of benzene rings is 7. The maximum atomic E-state index is 5.34. The molecule has 11 aromatic rings. The Labute approximate surface area is 262 Å². The molecule has 0 aliphatic rings. The van der Waals surface area contributed by atoms with Gasteiger partial charge < -0.3 is 4.40 Å². The molecule has 7 aromatic carbocycles. The van der Waals surface area contributed by atoms with Crippen molar-refractivity contribution in [3.8, 4) is 17.2 Å². The first kappa shape index (κ1) is 24.1. The van der Waals surface area contributed by atoms with Crippen LogP contribution >= 0.6 is 0 Å². The van der Waals surface area contributed by atoms with E-state index in [4.69, 9.17) is 9.97 Å². The Morgan fingerprint density at radius 3 is 1.89 bits per heavy atom. The van der Waals surface area contributed by atoms with E-state index in [0.29, 0.717) is 5.95 Å². The molecule has 0 aliphatic carbocycles. The van der Waals surface area contributed by atoms with E-state index in [2.05, 4.69) is 148 Å². The Morgan fingerprint density at radius 2 is 1.04 bits per heavy atom. The van der Waals surface area contributed by atoms with Gasteiger partial charge in [0.2, 0.25) is 5.95 Å². The van der Waals surface area contributed by atoms with Crippen molar-refractivity contribution in [3.63, 3.8) is 0 Å². The summed E-state index contributed by atoms with van der Waals surface area (Å²) < 4.78 is 4.74. The van der Waals surface area contributed by atoms with Gasteiger partial charge in [-0.05, 0) is 35.7 Å². The fourth-order valence-electron chi connectivity index (χ4n) is 7.90. The third-order valence-electron chi connectivity index (χ3n) is 9.83. The lowest BCUT2D eigenvalue weighted by Gasteiger charge is -2.13. The van der Waals surface area contributed by atoms with Gasteiger partial charge in [-0.3, -0.25) is 4.57 Å². The second kappa shape index (κ2) is 8.68. The van der Waals surface area contributed by atoms with E-state index in [-0.39, 0.29) is 0 Å². The molecular formula is C42H24N4. The minimum atomic E-state index is 0.675. The van der Waals surface area contributed by atoms with Crippen LogP contribution in [-0.4, -0.2) is 18.9 Å². The zero-order valence-corrected chi connectivity index (χ0v) is 24.6. The van der Waals surface area contributed by atoms with E-state index in [1.165, 1.54) is 59.6 Å². The maximum absolute atomic E-state index is 5.34. The summed E-state index contributed by atoms with van der Waals surface area (Å²) in [5.74, 6) is 0.675. The molecule has 0 aliphatic heterocycles. The van der Waals surface area contributed by atoms with Crippen molar-refractivity contribution >= 4 is 81.6 Å². The molecule has 0 saturated carbocycles. The highest BCUT2D eigenvalue weighted by atomic mass is 15.2. The highest BCUT2D eigenvalue weighted by Crippen LogP contribution is 2.43.